The molecule has 0 aliphatic carbocycles. The number of hydrogen-bond acceptors (Lipinski definition) is 6. The summed E-state index contributed by atoms with van der Waals surface area (Å²) in [6.07, 6.45) is -3.69. The van der Waals surface area contributed by atoms with Crippen LogP contribution in [0.15, 0.2) is 59.5 Å². The van der Waals surface area contributed by atoms with E-state index in [1.807, 2.05) is 61.5 Å². The van der Waals surface area contributed by atoms with E-state index in [4.69, 9.17) is 14.2 Å². The maximum absolute atomic E-state index is 10.6. The summed E-state index contributed by atoms with van der Waals surface area (Å²) in [7, 11) is 0. The zero-order valence-electron chi connectivity index (χ0n) is 14.4. The van der Waals surface area contributed by atoms with E-state index in [1.165, 1.54) is 17.3 Å². The Kier molecular flexibility index (Phi) is 5.31. The van der Waals surface area contributed by atoms with Crippen molar-refractivity contribution in [1.29, 1.82) is 0 Å². The first-order valence-corrected chi connectivity index (χ1v) is 9.57. The molecule has 0 bridgehead atoms. The molecule has 4 rings (SSSR count). The summed E-state index contributed by atoms with van der Waals surface area (Å²) < 4.78 is 17.7. The first-order chi connectivity index (χ1) is 12.6. The summed E-state index contributed by atoms with van der Waals surface area (Å²) in [5.74, 6) is 0. The van der Waals surface area contributed by atoms with Crippen LogP contribution in [0.3, 0.4) is 0 Å². The highest BCUT2D eigenvalue weighted by Crippen LogP contribution is 2.38. The van der Waals surface area contributed by atoms with Crippen LogP contribution in [0.25, 0.3) is 0 Å². The molecule has 2 aromatic carbocycles. The third-order valence-electron chi connectivity index (χ3n) is 4.68. The molecule has 6 heteroatoms. The van der Waals surface area contributed by atoms with Crippen molar-refractivity contribution in [2.24, 2.45) is 0 Å². The zero-order chi connectivity index (χ0) is 18.1. The molecule has 2 aliphatic heterocycles. The summed E-state index contributed by atoms with van der Waals surface area (Å²) in [5.41, 5.74) is 1.47. The Morgan fingerprint density at radius 2 is 1.65 bits per heavy atom. The molecule has 0 aromatic heterocycles. The second kappa shape index (κ2) is 7.68. The van der Waals surface area contributed by atoms with Gasteiger partial charge >= 0.3 is 0 Å². The van der Waals surface area contributed by atoms with E-state index in [0.29, 0.717) is 6.61 Å². The van der Waals surface area contributed by atoms with E-state index in [0.717, 1.165) is 10.5 Å². The quantitative estimate of drug-likeness (QED) is 0.861. The van der Waals surface area contributed by atoms with Crippen LogP contribution >= 0.6 is 11.8 Å². The Balaban J connectivity index is 1.45. The molecule has 0 unspecified atom stereocenters. The fraction of sp³-hybridized carbons (Fsp3) is 0.400. The molecule has 2 aliphatic rings. The van der Waals surface area contributed by atoms with Crippen LogP contribution in [-0.2, 0) is 14.2 Å². The normalized spacial score (nSPS) is 34.3. The van der Waals surface area contributed by atoms with Gasteiger partial charge in [-0.15, -0.1) is 0 Å². The average Bonchev–Trinajstić information content (AvgIpc) is 2.68. The van der Waals surface area contributed by atoms with E-state index < -0.39 is 36.1 Å². The van der Waals surface area contributed by atoms with Crippen molar-refractivity contribution in [3.05, 3.63) is 65.7 Å². The predicted octanol–water partition coefficient (Wildman–Crippen LogP) is 2.65. The number of thioether (sulfide) groups is 1. The van der Waals surface area contributed by atoms with Gasteiger partial charge in [0.1, 0.15) is 29.9 Å². The molecule has 2 fully saturated rings. The first-order valence-electron chi connectivity index (χ1n) is 8.69. The maximum atomic E-state index is 10.6. The fourth-order valence-electron chi connectivity index (χ4n) is 3.21. The molecule has 0 spiro atoms. The van der Waals surface area contributed by atoms with Gasteiger partial charge in [-0.1, -0.05) is 59.8 Å². The molecule has 138 valence electrons. The van der Waals surface area contributed by atoms with Gasteiger partial charge in [-0.25, -0.2) is 0 Å². The predicted molar refractivity (Wildman–Crippen MR) is 97.7 cm³/mol. The Labute approximate surface area is 156 Å². The van der Waals surface area contributed by atoms with Gasteiger partial charge in [0.05, 0.1) is 6.61 Å². The third kappa shape index (κ3) is 3.67. The number of aryl methyl sites for hydroxylation is 1. The smallest absolute Gasteiger partial charge is 0.184 e. The molecule has 2 heterocycles. The van der Waals surface area contributed by atoms with E-state index in [1.54, 1.807) is 0 Å². The number of rotatable bonds is 3. The van der Waals surface area contributed by atoms with Crippen molar-refractivity contribution in [3.63, 3.8) is 0 Å². The Morgan fingerprint density at radius 1 is 0.923 bits per heavy atom. The van der Waals surface area contributed by atoms with Crippen LogP contribution in [0, 0.1) is 6.92 Å². The van der Waals surface area contributed by atoms with Gasteiger partial charge in [-0.2, -0.15) is 0 Å². The molecular weight excluding hydrogens is 352 g/mol. The van der Waals surface area contributed by atoms with Crippen molar-refractivity contribution >= 4 is 11.8 Å². The molecule has 0 amide bonds. The SMILES string of the molecule is Cc1ccc(S[C@@H]2O[C@@H]3CO[C@H](c4ccccc4)O[C@@H]3[C@H](O)[C@H]2O)cc1. The summed E-state index contributed by atoms with van der Waals surface area (Å²) in [6.45, 7) is 2.33. The second-order valence-electron chi connectivity index (χ2n) is 6.63. The molecule has 5 nitrogen and oxygen atoms in total. The molecule has 2 saturated heterocycles. The van der Waals surface area contributed by atoms with Crippen molar-refractivity contribution in [1.82, 2.24) is 0 Å². The first kappa shape index (κ1) is 18.0. The molecule has 0 radical (unpaired) electrons. The summed E-state index contributed by atoms with van der Waals surface area (Å²) in [6, 6.07) is 17.5. The Hall–Kier alpha value is -1.41. The lowest BCUT2D eigenvalue weighted by Gasteiger charge is -2.46. The van der Waals surface area contributed by atoms with Crippen LogP contribution in [0.1, 0.15) is 17.4 Å². The van der Waals surface area contributed by atoms with Crippen molar-refractivity contribution < 1.29 is 24.4 Å². The van der Waals surface area contributed by atoms with Gasteiger partial charge in [0.25, 0.3) is 0 Å². The minimum atomic E-state index is -1.04. The summed E-state index contributed by atoms with van der Waals surface area (Å²) >= 11 is 1.39. The highest BCUT2D eigenvalue weighted by atomic mass is 32.2. The van der Waals surface area contributed by atoms with Crippen molar-refractivity contribution in [2.75, 3.05) is 6.61 Å². The maximum Gasteiger partial charge on any atom is 0.184 e. The largest absolute Gasteiger partial charge is 0.387 e. The molecule has 2 N–H and O–H groups in total. The lowest BCUT2D eigenvalue weighted by atomic mass is 9.99. The zero-order valence-corrected chi connectivity index (χ0v) is 15.2. The van der Waals surface area contributed by atoms with Crippen LogP contribution in [0.5, 0.6) is 0 Å². The minimum Gasteiger partial charge on any atom is -0.387 e. The van der Waals surface area contributed by atoms with Gasteiger partial charge in [-0.05, 0) is 19.1 Å². The van der Waals surface area contributed by atoms with E-state index in [2.05, 4.69) is 0 Å². The van der Waals surface area contributed by atoms with Gasteiger partial charge in [0.2, 0.25) is 0 Å². The highest BCUT2D eigenvalue weighted by molar-refractivity contribution is 7.99. The molecule has 0 saturated carbocycles. The number of fused-ring (bicyclic) bond motifs is 1. The number of aliphatic hydroxyl groups is 2. The number of benzene rings is 2. The van der Waals surface area contributed by atoms with E-state index in [-0.39, 0.29) is 0 Å². The number of aliphatic hydroxyl groups excluding tert-OH is 2. The van der Waals surface area contributed by atoms with Crippen LogP contribution in [-0.4, -0.2) is 46.7 Å². The molecule has 26 heavy (non-hydrogen) atoms. The number of ether oxygens (including phenoxy) is 3. The lowest BCUT2D eigenvalue weighted by molar-refractivity contribution is -0.318. The Morgan fingerprint density at radius 3 is 2.38 bits per heavy atom. The van der Waals surface area contributed by atoms with Gasteiger partial charge < -0.3 is 24.4 Å². The van der Waals surface area contributed by atoms with Crippen molar-refractivity contribution in [3.8, 4) is 0 Å². The molecule has 2 aromatic rings. The van der Waals surface area contributed by atoms with Gasteiger partial charge in [0, 0.05) is 10.5 Å². The lowest BCUT2D eigenvalue weighted by Crippen LogP contribution is -2.60. The van der Waals surface area contributed by atoms with Gasteiger partial charge in [-0.3, -0.25) is 0 Å². The van der Waals surface area contributed by atoms with E-state index >= 15 is 0 Å². The fourth-order valence-corrected chi connectivity index (χ4v) is 4.27. The van der Waals surface area contributed by atoms with Crippen LogP contribution in [0.2, 0.25) is 0 Å². The van der Waals surface area contributed by atoms with E-state index in [9.17, 15) is 10.2 Å². The standard InChI is InChI=1S/C20H22O5S/c1-12-7-9-14(10-8-12)26-20-17(22)16(21)18-15(24-20)11-23-19(25-18)13-5-3-2-4-6-13/h2-10,15-22H,11H2,1H3/t15-,16-,17-,18+,19+,20+/m1/s1. The van der Waals surface area contributed by atoms with Crippen LogP contribution < -0.4 is 0 Å². The van der Waals surface area contributed by atoms with Crippen LogP contribution in [0.4, 0.5) is 0 Å². The number of hydrogen-bond donors (Lipinski definition) is 2. The van der Waals surface area contributed by atoms with Crippen molar-refractivity contribution in [2.45, 2.75) is 48.0 Å². The summed E-state index contributed by atoms with van der Waals surface area (Å²) in [5, 5.41) is 21.1. The second-order valence-corrected chi connectivity index (χ2v) is 7.80. The minimum absolute atomic E-state index is 0.305. The summed E-state index contributed by atoms with van der Waals surface area (Å²) in [4.78, 5) is 0.977. The third-order valence-corrected chi connectivity index (χ3v) is 5.84. The Bertz CT molecular complexity index is 721. The topological polar surface area (TPSA) is 68.2 Å². The average molecular weight is 374 g/mol. The molecule has 6 atom stereocenters. The van der Waals surface area contributed by atoms with Gasteiger partial charge in [0.15, 0.2) is 6.29 Å². The monoisotopic (exact) mass is 374 g/mol. The molecular formula is C20H22O5S. The highest BCUT2D eigenvalue weighted by Gasteiger charge is 2.49.